The van der Waals surface area contributed by atoms with Gasteiger partial charge in [0, 0.05) is 11.6 Å². The average molecular weight is 374 g/mol. The molecule has 1 fully saturated rings. The Morgan fingerprint density at radius 2 is 2.11 bits per heavy atom. The topological polar surface area (TPSA) is 105 Å². The Bertz CT molecular complexity index is 1140. The number of anilines is 1. The number of aryl methyl sites for hydroxylation is 1. The molecule has 4 aromatic rings. The molecule has 0 unspecified atom stereocenters. The second-order valence-electron chi connectivity index (χ2n) is 6.95. The number of fused-ring (bicyclic) bond motifs is 1. The largest absolute Gasteiger partial charge is 0.343 e. The first-order chi connectivity index (χ1) is 13.7. The van der Waals surface area contributed by atoms with Gasteiger partial charge in [-0.25, -0.2) is 14.6 Å². The minimum Gasteiger partial charge on any atom is -0.343 e. The molecule has 0 spiro atoms. The first-order valence-corrected chi connectivity index (χ1v) is 9.13. The van der Waals surface area contributed by atoms with Crippen molar-refractivity contribution < 1.29 is 4.79 Å². The second-order valence-corrected chi connectivity index (χ2v) is 6.95. The van der Waals surface area contributed by atoms with Crippen LogP contribution in [0.5, 0.6) is 0 Å². The molecule has 1 aromatic carbocycles. The van der Waals surface area contributed by atoms with Gasteiger partial charge in [-0.1, -0.05) is 24.3 Å². The minimum atomic E-state index is 0.246. The summed E-state index contributed by atoms with van der Waals surface area (Å²) in [6.45, 7) is 2.49. The maximum Gasteiger partial charge on any atom is 0.215 e. The van der Waals surface area contributed by atoms with Crippen molar-refractivity contribution in [2.24, 2.45) is 0 Å². The molecular formula is C19H18N8O. The monoisotopic (exact) mass is 374 g/mol. The fourth-order valence-electron chi connectivity index (χ4n) is 3.31. The van der Waals surface area contributed by atoms with E-state index in [1.807, 2.05) is 13.0 Å². The average Bonchev–Trinajstić information content (AvgIpc) is 3.28. The van der Waals surface area contributed by atoms with Crippen molar-refractivity contribution in [2.45, 2.75) is 32.4 Å². The number of carbonyl (C=O) groups excluding carboxylic acids is 1. The lowest BCUT2D eigenvalue weighted by atomic mass is 10.0. The molecule has 28 heavy (non-hydrogen) atoms. The number of hydrogen-bond donors (Lipinski definition) is 1. The fraction of sp³-hybridized carbons (Fsp3) is 0.263. The lowest BCUT2D eigenvalue weighted by Crippen LogP contribution is -2.24. The van der Waals surface area contributed by atoms with Crippen LogP contribution in [0.15, 0.2) is 36.7 Å². The van der Waals surface area contributed by atoms with Crippen molar-refractivity contribution in [3.05, 3.63) is 48.0 Å². The number of hydrogen-bond acceptors (Lipinski definition) is 6. The molecule has 140 valence electrons. The van der Waals surface area contributed by atoms with Gasteiger partial charge in [-0.3, -0.25) is 9.69 Å². The van der Waals surface area contributed by atoms with Crippen molar-refractivity contribution in [3.63, 3.8) is 0 Å². The van der Waals surface area contributed by atoms with Gasteiger partial charge in [-0.05, 0) is 47.4 Å². The number of aromatic amines is 1. The summed E-state index contributed by atoms with van der Waals surface area (Å²) in [6.07, 6.45) is 4.52. The third-order valence-electron chi connectivity index (χ3n) is 5.01. The molecule has 9 nitrogen and oxygen atoms in total. The predicted octanol–water partition coefficient (Wildman–Crippen LogP) is 2.09. The highest BCUT2D eigenvalue weighted by atomic mass is 16.1. The molecule has 3 heterocycles. The highest BCUT2D eigenvalue weighted by Gasteiger charge is 2.30. The highest BCUT2D eigenvalue weighted by Crippen LogP contribution is 2.34. The van der Waals surface area contributed by atoms with Gasteiger partial charge < -0.3 is 4.98 Å². The Hall–Kier alpha value is -3.62. The van der Waals surface area contributed by atoms with Crippen molar-refractivity contribution >= 4 is 23.4 Å². The lowest BCUT2D eigenvalue weighted by molar-refractivity contribution is -0.107. The number of amides is 1. The molecular weight excluding hydrogens is 356 g/mol. The van der Waals surface area contributed by atoms with E-state index in [4.69, 9.17) is 0 Å². The number of imidazole rings is 1. The first-order valence-electron chi connectivity index (χ1n) is 9.13. The third-order valence-corrected chi connectivity index (χ3v) is 5.01. The standard InChI is InChI=1S/C19H18N8O/c1-12-23-24-25-27(12)9-13-2-4-14(5-3-13)16-8-17(26(11-28)15-6-7-15)22-19-18(16)20-10-21-19/h2-5,8,10-11,15H,6-7,9H2,1H3,(H,20,21,22). The summed E-state index contributed by atoms with van der Waals surface area (Å²) in [5, 5.41) is 11.6. The number of nitrogens with zero attached hydrogens (tertiary/aromatic N) is 7. The summed E-state index contributed by atoms with van der Waals surface area (Å²) < 4.78 is 1.75. The van der Waals surface area contributed by atoms with Crippen molar-refractivity contribution in [1.29, 1.82) is 0 Å². The van der Waals surface area contributed by atoms with E-state index in [0.29, 0.717) is 18.0 Å². The molecule has 0 bridgehead atoms. The first kappa shape index (κ1) is 16.5. The van der Waals surface area contributed by atoms with E-state index in [0.717, 1.165) is 47.3 Å². The molecule has 0 saturated heterocycles. The summed E-state index contributed by atoms with van der Waals surface area (Å²) in [7, 11) is 0. The maximum atomic E-state index is 11.6. The van der Waals surface area contributed by atoms with Crippen LogP contribution >= 0.6 is 0 Å². The molecule has 1 N–H and O–H groups in total. The van der Waals surface area contributed by atoms with Gasteiger partial charge in [0.2, 0.25) is 6.41 Å². The van der Waals surface area contributed by atoms with E-state index in [-0.39, 0.29) is 6.04 Å². The Balaban J connectivity index is 1.52. The predicted molar refractivity (Wildman–Crippen MR) is 103 cm³/mol. The molecule has 0 radical (unpaired) electrons. The number of rotatable bonds is 6. The van der Waals surface area contributed by atoms with Crippen molar-refractivity contribution in [1.82, 2.24) is 35.2 Å². The Morgan fingerprint density at radius 1 is 1.29 bits per heavy atom. The molecule has 3 aromatic heterocycles. The summed E-state index contributed by atoms with van der Waals surface area (Å²) >= 11 is 0. The summed E-state index contributed by atoms with van der Waals surface area (Å²) in [6, 6.07) is 10.4. The Kier molecular flexibility index (Phi) is 3.85. The van der Waals surface area contributed by atoms with Gasteiger partial charge in [0.1, 0.15) is 11.6 Å². The number of carbonyl (C=O) groups is 1. The molecule has 9 heteroatoms. The van der Waals surface area contributed by atoms with Crippen LogP contribution in [0.2, 0.25) is 0 Å². The molecule has 1 amide bonds. The highest BCUT2D eigenvalue weighted by molar-refractivity contribution is 5.93. The van der Waals surface area contributed by atoms with Gasteiger partial charge >= 0.3 is 0 Å². The van der Waals surface area contributed by atoms with Crippen molar-refractivity contribution in [3.8, 4) is 11.1 Å². The number of H-pyrrole nitrogens is 1. The molecule has 1 aliphatic carbocycles. The van der Waals surface area contributed by atoms with Gasteiger partial charge in [-0.15, -0.1) is 5.10 Å². The van der Waals surface area contributed by atoms with Crippen LogP contribution in [0.25, 0.3) is 22.3 Å². The van der Waals surface area contributed by atoms with Gasteiger partial charge in [0.05, 0.1) is 18.4 Å². The molecule has 0 atom stereocenters. The summed E-state index contributed by atoms with van der Waals surface area (Å²) in [5.74, 6) is 1.41. The van der Waals surface area contributed by atoms with Crippen LogP contribution in [-0.4, -0.2) is 47.6 Å². The van der Waals surface area contributed by atoms with Crippen LogP contribution in [0.3, 0.4) is 0 Å². The smallest absolute Gasteiger partial charge is 0.215 e. The summed E-state index contributed by atoms with van der Waals surface area (Å²) in [5.41, 5.74) is 4.55. The SMILES string of the molecule is Cc1nnnn1Cc1ccc(-c2cc(N(C=O)C3CC3)nc3nc[nH]c23)cc1. The normalized spacial score (nSPS) is 13.8. The van der Waals surface area contributed by atoms with E-state index in [9.17, 15) is 4.79 Å². The number of benzene rings is 1. The van der Waals surface area contributed by atoms with Crippen molar-refractivity contribution in [2.75, 3.05) is 4.90 Å². The van der Waals surface area contributed by atoms with Crippen LogP contribution in [0, 0.1) is 6.92 Å². The zero-order chi connectivity index (χ0) is 19.1. The van der Waals surface area contributed by atoms with E-state index in [1.165, 1.54) is 0 Å². The minimum absolute atomic E-state index is 0.246. The van der Waals surface area contributed by atoms with Gasteiger partial charge in [0.15, 0.2) is 5.65 Å². The Labute approximate surface area is 160 Å². The number of aromatic nitrogens is 7. The summed E-state index contributed by atoms with van der Waals surface area (Å²) in [4.78, 5) is 25.3. The maximum absolute atomic E-state index is 11.6. The van der Waals surface area contributed by atoms with E-state index in [2.05, 4.69) is 54.7 Å². The number of nitrogens with one attached hydrogen (secondary N) is 1. The lowest BCUT2D eigenvalue weighted by Gasteiger charge is -2.16. The van der Waals surface area contributed by atoms with Crippen LogP contribution in [0.4, 0.5) is 5.82 Å². The number of pyridine rings is 1. The fourth-order valence-corrected chi connectivity index (χ4v) is 3.31. The Morgan fingerprint density at radius 3 is 2.79 bits per heavy atom. The molecule has 1 saturated carbocycles. The number of tetrazole rings is 1. The van der Waals surface area contributed by atoms with Crippen LogP contribution < -0.4 is 4.90 Å². The molecule has 5 rings (SSSR count). The van der Waals surface area contributed by atoms with Gasteiger partial charge in [-0.2, -0.15) is 0 Å². The van der Waals surface area contributed by atoms with Crippen LogP contribution in [0.1, 0.15) is 24.2 Å². The van der Waals surface area contributed by atoms with E-state index < -0.39 is 0 Å². The van der Waals surface area contributed by atoms with E-state index >= 15 is 0 Å². The van der Waals surface area contributed by atoms with E-state index in [1.54, 1.807) is 15.9 Å². The third kappa shape index (κ3) is 2.90. The zero-order valence-electron chi connectivity index (χ0n) is 15.3. The molecule has 0 aliphatic heterocycles. The quantitative estimate of drug-likeness (QED) is 0.518. The second kappa shape index (κ2) is 6.52. The van der Waals surface area contributed by atoms with Crippen LogP contribution in [-0.2, 0) is 11.3 Å². The molecule has 1 aliphatic rings. The van der Waals surface area contributed by atoms with Gasteiger partial charge in [0.25, 0.3) is 0 Å². The zero-order valence-corrected chi connectivity index (χ0v) is 15.3.